The van der Waals surface area contributed by atoms with Crippen LogP contribution >= 0.6 is 31.9 Å². The Balaban J connectivity index is 1.45. The molecule has 0 saturated carbocycles. The van der Waals surface area contributed by atoms with Gasteiger partial charge in [-0.05, 0) is 103 Å². The summed E-state index contributed by atoms with van der Waals surface area (Å²) in [6.45, 7) is 11.8. The van der Waals surface area contributed by atoms with E-state index in [9.17, 15) is 0 Å². The van der Waals surface area contributed by atoms with E-state index in [0.29, 0.717) is 0 Å². The molecule has 2 fully saturated rings. The van der Waals surface area contributed by atoms with Gasteiger partial charge >= 0.3 is 0 Å². The first kappa shape index (κ1) is 21.6. The predicted molar refractivity (Wildman–Crippen MR) is 123 cm³/mol. The van der Waals surface area contributed by atoms with Crippen molar-refractivity contribution in [2.45, 2.75) is 32.2 Å². The van der Waals surface area contributed by atoms with Crippen molar-refractivity contribution in [3.05, 3.63) is 26.6 Å². The van der Waals surface area contributed by atoms with Crippen LogP contribution < -0.4 is 4.90 Å². The van der Waals surface area contributed by atoms with Crippen LogP contribution in [0.25, 0.3) is 0 Å². The molecule has 2 aliphatic heterocycles. The summed E-state index contributed by atoms with van der Waals surface area (Å²) < 4.78 is 2.42. The lowest BCUT2D eigenvalue weighted by Gasteiger charge is -2.43. The summed E-state index contributed by atoms with van der Waals surface area (Å²) in [5.74, 6) is 0. The second-order valence-electron chi connectivity index (χ2n) is 8.33. The minimum absolute atomic E-state index is 0.758. The summed E-state index contributed by atoms with van der Waals surface area (Å²) in [6.07, 6.45) is 3.83. The van der Waals surface area contributed by atoms with Crippen LogP contribution in [0.15, 0.2) is 21.1 Å². The molecule has 0 aromatic heterocycles. The average molecular weight is 502 g/mol. The van der Waals surface area contributed by atoms with Crippen molar-refractivity contribution in [3.8, 4) is 0 Å². The van der Waals surface area contributed by atoms with Crippen LogP contribution in [0.3, 0.4) is 0 Å². The highest BCUT2D eigenvalue weighted by Gasteiger charge is 2.28. The van der Waals surface area contributed by atoms with E-state index in [1.807, 2.05) is 0 Å². The maximum absolute atomic E-state index is 3.77. The average Bonchev–Trinajstić information content (AvgIpc) is 2.62. The Morgan fingerprint density at radius 2 is 1.56 bits per heavy atom. The first-order chi connectivity index (χ1) is 12.9. The predicted octanol–water partition coefficient (Wildman–Crippen LogP) is 4.06. The van der Waals surface area contributed by atoms with Crippen molar-refractivity contribution in [2.75, 3.05) is 71.4 Å². The molecule has 0 radical (unpaired) electrons. The van der Waals surface area contributed by atoms with Gasteiger partial charge in [0.1, 0.15) is 0 Å². The van der Waals surface area contributed by atoms with Gasteiger partial charge in [-0.2, -0.15) is 0 Å². The summed E-state index contributed by atoms with van der Waals surface area (Å²) in [6, 6.07) is 5.21. The van der Waals surface area contributed by atoms with Crippen LogP contribution in [-0.2, 0) is 0 Å². The lowest BCUT2D eigenvalue weighted by atomic mass is 10.0. The Hall–Kier alpha value is -0.140. The van der Waals surface area contributed by atoms with Gasteiger partial charge in [0.2, 0.25) is 0 Å². The van der Waals surface area contributed by atoms with E-state index in [2.05, 4.69) is 84.6 Å². The third-order valence-corrected chi connectivity index (χ3v) is 7.15. The van der Waals surface area contributed by atoms with Gasteiger partial charge < -0.3 is 14.7 Å². The molecule has 2 heterocycles. The molecule has 0 aliphatic carbocycles. The zero-order valence-corrected chi connectivity index (χ0v) is 20.2. The molecule has 152 valence electrons. The summed E-state index contributed by atoms with van der Waals surface area (Å²) >= 11 is 7.54. The summed E-state index contributed by atoms with van der Waals surface area (Å²) in [4.78, 5) is 10.2. The van der Waals surface area contributed by atoms with Gasteiger partial charge in [0, 0.05) is 54.3 Å². The molecule has 0 N–H and O–H groups in total. The maximum atomic E-state index is 3.77. The summed E-state index contributed by atoms with van der Waals surface area (Å²) in [7, 11) is 4.33. The highest BCUT2D eigenvalue weighted by molar-refractivity contribution is 9.11. The first-order valence-corrected chi connectivity index (χ1v) is 11.8. The molecule has 27 heavy (non-hydrogen) atoms. The first-order valence-electron chi connectivity index (χ1n) is 10.3. The Morgan fingerprint density at radius 1 is 0.963 bits per heavy atom. The molecular weight excluding hydrogens is 468 g/mol. The third kappa shape index (κ3) is 5.92. The molecular formula is C21H34Br2N4. The largest absolute Gasteiger partial charge is 0.370 e. The summed E-state index contributed by atoms with van der Waals surface area (Å²) in [5, 5.41) is 0. The number of hydrogen-bond acceptors (Lipinski definition) is 4. The fourth-order valence-electron chi connectivity index (χ4n) is 4.41. The zero-order valence-electron chi connectivity index (χ0n) is 17.1. The normalized spacial score (nSPS) is 20.6. The van der Waals surface area contributed by atoms with Gasteiger partial charge in [-0.25, -0.2) is 0 Å². The smallest absolute Gasteiger partial charge is 0.0655 e. The lowest BCUT2D eigenvalue weighted by Crippen LogP contribution is -2.53. The van der Waals surface area contributed by atoms with Crippen LogP contribution in [0.2, 0.25) is 0 Å². The van der Waals surface area contributed by atoms with Gasteiger partial charge in [-0.1, -0.05) is 0 Å². The number of anilines is 1. The number of aryl methyl sites for hydroxylation is 1. The van der Waals surface area contributed by atoms with Gasteiger partial charge in [0.15, 0.2) is 0 Å². The Morgan fingerprint density at radius 3 is 2.11 bits per heavy atom. The molecule has 0 amide bonds. The highest BCUT2D eigenvalue weighted by atomic mass is 79.9. The quantitative estimate of drug-likeness (QED) is 0.582. The molecule has 6 heteroatoms. The number of piperazine rings is 1. The minimum Gasteiger partial charge on any atom is -0.370 e. The summed E-state index contributed by atoms with van der Waals surface area (Å²) in [5.41, 5.74) is 2.61. The molecule has 3 rings (SSSR count). The maximum Gasteiger partial charge on any atom is 0.0655 e. The van der Waals surface area contributed by atoms with Crippen molar-refractivity contribution < 1.29 is 0 Å². The standard InChI is InChI=1S/C21H34Br2N4/c1-17-15-19(22)21(20(23)16-17)27-9-5-18(6-10-27)26-13-11-25(12-14-26)8-4-7-24(2)3/h15-16,18H,4-14H2,1-3H3. The Kier molecular flexibility index (Phi) is 8.03. The van der Waals surface area contributed by atoms with Crippen molar-refractivity contribution in [2.24, 2.45) is 0 Å². The van der Waals surface area contributed by atoms with E-state index < -0.39 is 0 Å². The van der Waals surface area contributed by atoms with Crippen molar-refractivity contribution in [1.82, 2.24) is 14.7 Å². The lowest BCUT2D eigenvalue weighted by molar-refractivity contribution is 0.0832. The second-order valence-corrected chi connectivity index (χ2v) is 10.0. The van der Waals surface area contributed by atoms with Gasteiger partial charge in [0.25, 0.3) is 0 Å². The fraction of sp³-hybridized carbons (Fsp3) is 0.714. The monoisotopic (exact) mass is 500 g/mol. The molecule has 1 aromatic rings. The van der Waals surface area contributed by atoms with E-state index in [-0.39, 0.29) is 0 Å². The molecule has 0 atom stereocenters. The van der Waals surface area contributed by atoms with Crippen molar-refractivity contribution >= 4 is 37.5 Å². The van der Waals surface area contributed by atoms with Crippen molar-refractivity contribution in [1.29, 1.82) is 0 Å². The Bertz CT molecular complexity index is 583. The highest BCUT2D eigenvalue weighted by Crippen LogP contribution is 2.37. The minimum atomic E-state index is 0.758. The van der Waals surface area contributed by atoms with Crippen LogP contribution in [0.4, 0.5) is 5.69 Å². The van der Waals surface area contributed by atoms with E-state index in [4.69, 9.17) is 0 Å². The molecule has 4 nitrogen and oxygen atoms in total. The van der Waals surface area contributed by atoms with Crippen molar-refractivity contribution in [3.63, 3.8) is 0 Å². The Labute approximate surface area is 182 Å². The number of piperidine rings is 1. The molecule has 0 bridgehead atoms. The SMILES string of the molecule is Cc1cc(Br)c(N2CCC(N3CCN(CCCN(C)C)CC3)CC2)c(Br)c1. The fourth-order valence-corrected chi connectivity index (χ4v) is 6.33. The van der Waals surface area contributed by atoms with Crippen LogP contribution in [0.5, 0.6) is 0 Å². The second kappa shape index (κ2) is 10.1. The van der Waals surface area contributed by atoms with E-state index in [1.54, 1.807) is 0 Å². The number of nitrogens with zero attached hydrogens (tertiary/aromatic N) is 4. The number of halogens is 2. The number of rotatable bonds is 6. The van der Waals surface area contributed by atoms with E-state index >= 15 is 0 Å². The van der Waals surface area contributed by atoms with Gasteiger partial charge in [0.05, 0.1) is 5.69 Å². The number of benzene rings is 1. The van der Waals surface area contributed by atoms with E-state index in [0.717, 1.165) is 19.1 Å². The molecule has 0 unspecified atom stereocenters. The topological polar surface area (TPSA) is 13.0 Å². The third-order valence-electron chi connectivity index (χ3n) is 5.94. The molecule has 0 spiro atoms. The van der Waals surface area contributed by atoms with E-state index in [1.165, 1.54) is 78.7 Å². The molecule has 2 saturated heterocycles. The van der Waals surface area contributed by atoms with Crippen LogP contribution in [0.1, 0.15) is 24.8 Å². The number of hydrogen-bond donors (Lipinski definition) is 0. The van der Waals surface area contributed by atoms with Crippen LogP contribution in [0, 0.1) is 6.92 Å². The zero-order chi connectivity index (χ0) is 19.4. The molecule has 1 aromatic carbocycles. The van der Waals surface area contributed by atoms with Gasteiger partial charge in [-0.15, -0.1) is 0 Å². The van der Waals surface area contributed by atoms with Gasteiger partial charge in [-0.3, -0.25) is 4.90 Å². The van der Waals surface area contributed by atoms with Crippen LogP contribution in [-0.4, -0.2) is 87.2 Å². The molecule has 2 aliphatic rings.